The number of rotatable bonds is 3. The molecule has 0 atom stereocenters. The quantitative estimate of drug-likeness (QED) is 0.765. The standard InChI is InChI=1S/C8H10ClN3O/c9-7-8(10)11-5-6(12-7)3-1-2-4-13/h1,3,5,13H,2,4H2,(H2,10,11). The van der Waals surface area contributed by atoms with Crippen molar-refractivity contribution in [3.05, 3.63) is 23.1 Å². The Balaban J connectivity index is 2.73. The van der Waals surface area contributed by atoms with Crippen molar-refractivity contribution in [3.63, 3.8) is 0 Å². The Labute approximate surface area is 81.1 Å². The van der Waals surface area contributed by atoms with Crippen LogP contribution >= 0.6 is 11.6 Å². The molecule has 0 fully saturated rings. The lowest BCUT2D eigenvalue weighted by molar-refractivity contribution is 0.303. The van der Waals surface area contributed by atoms with E-state index in [1.54, 1.807) is 12.2 Å². The summed E-state index contributed by atoms with van der Waals surface area (Å²) < 4.78 is 0. The molecule has 13 heavy (non-hydrogen) atoms. The Bertz CT molecular complexity index is 314. The molecular formula is C8H10ClN3O. The van der Waals surface area contributed by atoms with Crippen LogP contribution in [0.2, 0.25) is 5.15 Å². The summed E-state index contributed by atoms with van der Waals surface area (Å²) in [6, 6.07) is 0. The molecule has 70 valence electrons. The third-order valence-corrected chi connectivity index (χ3v) is 1.64. The van der Waals surface area contributed by atoms with E-state index in [0.29, 0.717) is 12.1 Å². The Morgan fingerprint density at radius 3 is 3.00 bits per heavy atom. The van der Waals surface area contributed by atoms with E-state index in [-0.39, 0.29) is 17.6 Å². The van der Waals surface area contributed by atoms with Gasteiger partial charge in [0.1, 0.15) is 0 Å². The van der Waals surface area contributed by atoms with Crippen molar-refractivity contribution < 1.29 is 5.11 Å². The molecule has 1 aromatic rings. The highest BCUT2D eigenvalue weighted by Gasteiger charge is 1.97. The minimum absolute atomic E-state index is 0.118. The van der Waals surface area contributed by atoms with E-state index in [9.17, 15) is 0 Å². The van der Waals surface area contributed by atoms with Crippen LogP contribution in [0, 0.1) is 0 Å². The molecule has 0 saturated heterocycles. The maximum Gasteiger partial charge on any atom is 0.171 e. The van der Waals surface area contributed by atoms with Gasteiger partial charge in [0.25, 0.3) is 0 Å². The predicted octanol–water partition coefficient (Wildman–Crippen LogP) is 1.11. The van der Waals surface area contributed by atoms with Gasteiger partial charge in [-0.2, -0.15) is 0 Å². The number of nitrogens with two attached hydrogens (primary N) is 1. The van der Waals surface area contributed by atoms with Crippen LogP contribution in [-0.4, -0.2) is 21.7 Å². The van der Waals surface area contributed by atoms with E-state index in [1.807, 2.05) is 0 Å². The number of aliphatic hydroxyl groups excluding tert-OH is 1. The van der Waals surface area contributed by atoms with E-state index in [1.165, 1.54) is 6.20 Å². The van der Waals surface area contributed by atoms with Crippen molar-refractivity contribution in [2.45, 2.75) is 6.42 Å². The normalized spacial score (nSPS) is 10.9. The molecule has 0 aromatic carbocycles. The van der Waals surface area contributed by atoms with Crippen molar-refractivity contribution in [2.24, 2.45) is 0 Å². The fourth-order valence-electron chi connectivity index (χ4n) is 0.747. The molecule has 0 amide bonds. The van der Waals surface area contributed by atoms with Gasteiger partial charge in [-0.25, -0.2) is 9.97 Å². The lowest BCUT2D eigenvalue weighted by atomic mass is 10.3. The highest BCUT2D eigenvalue weighted by Crippen LogP contribution is 2.12. The van der Waals surface area contributed by atoms with Crippen LogP contribution < -0.4 is 5.73 Å². The second-order valence-corrected chi connectivity index (χ2v) is 2.74. The van der Waals surface area contributed by atoms with Gasteiger partial charge in [0.15, 0.2) is 11.0 Å². The molecule has 1 heterocycles. The van der Waals surface area contributed by atoms with Crippen LogP contribution in [0.15, 0.2) is 12.3 Å². The summed E-state index contributed by atoms with van der Waals surface area (Å²) in [5.74, 6) is 0.223. The van der Waals surface area contributed by atoms with E-state index < -0.39 is 0 Å². The molecule has 5 heteroatoms. The molecule has 0 aliphatic heterocycles. The molecule has 0 aliphatic rings. The zero-order valence-corrected chi connectivity index (χ0v) is 7.70. The average Bonchev–Trinajstić information content (AvgIpc) is 2.12. The number of aromatic nitrogens is 2. The number of hydrogen-bond donors (Lipinski definition) is 2. The fourth-order valence-corrected chi connectivity index (χ4v) is 0.894. The molecular weight excluding hydrogens is 190 g/mol. The Morgan fingerprint density at radius 1 is 1.62 bits per heavy atom. The largest absolute Gasteiger partial charge is 0.396 e. The van der Waals surface area contributed by atoms with E-state index in [4.69, 9.17) is 22.4 Å². The summed E-state index contributed by atoms with van der Waals surface area (Å²) in [5.41, 5.74) is 6.01. The van der Waals surface area contributed by atoms with Crippen molar-refractivity contribution in [1.29, 1.82) is 0 Å². The molecule has 0 spiro atoms. The molecule has 3 N–H and O–H groups in total. The van der Waals surface area contributed by atoms with Crippen molar-refractivity contribution in [3.8, 4) is 0 Å². The summed E-state index contributed by atoms with van der Waals surface area (Å²) >= 11 is 5.64. The Morgan fingerprint density at radius 2 is 2.38 bits per heavy atom. The zero-order valence-electron chi connectivity index (χ0n) is 6.94. The number of nitrogens with zero attached hydrogens (tertiary/aromatic N) is 2. The van der Waals surface area contributed by atoms with Gasteiger partial charge in [0.05, 0.1) is 11.9 Å². The van der Waals surface area contributed by atoms with Gasteiger partial charge in [-0.15, -0.1) is 0 Å². The lowest BCUT2D eigenvalue weighted by Gasteiger charge is -1.96. The second kappa shape index (κ2) is 4.79. The Kier molecular flexibility index (Phi) is 3.67. The summed E-state index contributed by atoms with van der Waals surface area (Å²) in [7, 11) is 0. The third-order valence-electron chi connectivity index (χ3n) is 1.36. The number of nitrogen functional groups attached to an aromatic ring is 1. The first kappa shape index (κ1) is 9.95. The van der Waals surface area contributed by atoms with E-state index >= 15 is 0 Å². The Hall–Kier alpha value is -1.13. The van der Waals surface area contributed by atoms with Crippen molar-refractivity contribution >= 4 is 23.5 Å². The molecule has 0 saturated carbocycles. The fraction of sp³-hybridized carbons (Fsp3) is 0.250. The molecule has 4 nitrogen and oxygen atoms in total. The summed E-state index contributed by atoms with van der Waals surface area (Å²) in [6.07, 6.45) is 5.63. The van der Waals surface area contributed by atoms with Gasteiger partial charge >= 0.3 is 0 Å². The van der Waals surface area contributed by atoms with Gasteiger partial charge in [0.2, 0.25) is 0 Å². The zero-order chi connectivity index (χ0) is 9.68. The highest BCUT2D eigenvalue weighted by atomic mass is 35.5. The topological polar surface area (TPSA) is 72.0 Å². The van der Waals surface area contributed by atoms with Gasteiger partial charge in [0, 0.05) is 6.61 Å². The minimum Gasteiger partial charge on any atom is -0.396 e. The molecule has 0 radical (unpaired) electrons. The van der Waals surface area contributed by atoms with Crippen LogP contribution in [0.1, 0.15) is 12.1 Å². The van der Waals surface area contributed by atoms with Crippen LogP contribution in [-0.2, 0) is 0 Å². The number of aliphatic hydroxyl groups is 1. The molecule has 0 bridgehead atoms. The van der Waals surface area contributed by atoms with Crippen LogP contribution in [0.5, 0.6) is 0 Å². The molecule has 0 aliphatic carbocycles. The maximum absolute atomic E-state index is 8.51. The van der Waals surface area contributed by atoms with Gasteiger partial charge < -0.3 is 10.8 Å². The highest BCUT2D eigenvalue weighted by molar-refractivity contribution is 6.31. The van der Waals surface area contributed by atoms with Crippen molar-refractivity contribution in [1.82, 2.24) is 9.97 Å². The average molecular weight is 200 g/mol. The summed E-state index contributed by atoms with van der Waals surface area (Å²) in [6.45, 7) is 0.118. The molecule has 1 rings (SSSR count). The monoisotopic (exact) mass is 199 g/mol. The number of hydrogen-bond acceptors (Lipinski definition) is 4. The molecule has 1 aromatic heterocycles. The summed E-state index contributed by atoms with van der Waals surface area (Å²) in [4.78, 5) is 7.78. The van der Waals surface area contributed by atoms with Gasteiger partial charge in [-0.3, -0.25) is 0 Å². The van der Waals surface area contributed by atoms with Crippen LogP contribution in [0.25, 0.3) is 6.08 Å². The minimum atomic E-state index is 0.118. The van der Waals surface area contributed by atoms with Gasteiger partial charge in [-0.05, 0) is 12.5 Å². The molecule has 0 unspecified atom stereocenters. The first-order valence-corrected chi connectivity index (χ1v) is 4.17. The van der Waals surface area contributed by atoms with E-state index in [2.05, 4.69) is 9.97 Å². The van der Waals surface area contributed by atoms with Crippen LogP contribution in [0.3, 0.4) is 0 Å². The van der Waals surface area contributed by atoms with Crippen molar-refractivity contribution in [2.75, 3.05) is 12.3 Å². The number of halogens is 1. The van der Waals surface area contributed by atoms with Gasteiger partial charge in [-0.1, -0.05) is 17.7 Å². The smallest absolute Gasteiger partial charge is 0.171 e. The number of anilines is 1. The first-order valence-electron chi connectivity index (χ1n) is 3.79. The lowest BCUT2D eigenvalue weighted by Crippen LogP contribution is -1.94. The SMILES string of the molecule is Nc1ncc(C=CCCO)nc1Cl. The second-order valence-electron chi connectivity index (χ2n) is 2.39. The maximum atomic E-state index is 8.51. The predicted molar refractivity (Wildman–Crippen MR) is 52.2 cm³/mol. The third kappa shape index (κ3) is 3.01. The van der Waals surface area contributed by atoms with Crippen LogP contribution in [0.4, 0.5) is 5.82 Å². The summed E-state index contributed by atoms with van der Waals surface area (Å²) in [5, 5.41) is 8.71. The first-order chi connectivity index (χ1) is 6.24. The van der Waals surface area contributed by atoms with E-state index in [0.717, 1.165) is 0 Å².